The lowest BCUT2D eigenvalue weighted by atomic mass is 10.1. The molecule has 0 bridgehead atoms. The standard InChI is InChI=1S/C12H25NO2/c1-11(2)10-15-12(14)8-6-4-3-5-7-9-13/h11H,3-10,13H2,1-2H3. The molecule has 0 aromatic rings. The number of hydrogen-bond donors (Lipinski definition) is 1. The lowest BCUT2D eigenvalue weighted by Crippen LogP contribution is -2.09. The molecular weight excluding hydrogens is 190 g/mol. The number of esters is 1. The van der Waals surface area contributed by atoms with Gasteiger partial charge in [0.15, 0.2) is 0 Å². The summed E-state index contributed by atoms with van der Waals surface area (Å²) in [5.74, 6) is 0.376. The van der Waals surface area contributed by atoms with Crippen molar-refractivity contribution >= 4 is 5.97 Å². The van der Waals surface area contributed by atoms with E-state index < -0.39 is 0 Å². The third kappa shape index (κ3) is 11.4. The van der Waals surface area contributed by atoms with Crippen LogP contribution >= 0.6 is 0 Å². The van der Waals surface area contributed by atoms with Gasteiger partial charge in [-0.2, -0.15) is 0 Å². The highest BCUT2D eigenvalue weighted by Crippen LogP contribution is 2.06. The molecule has 15 heavy (non-hydrogen) atoms. The van der Waals surface area contributed by atoms with Crippen LogP contribution in [0.4, 0.5) is 0 Å². The summed E-state index contributed by atoms with van der Waals surface area (Å²) in [6, 6.07) is 0. The SMILES string of the molecule is CC(C)COC(=O)CCCCCCCN. The van der Waals surface area contributed by atoms with E-state index in [0.29, 0.717) is 18.9 Å². The Morgan fingerprint density at radius 3 is 2.33 bits per heavy atom. The Kier molecular flexibility index (Phi) is 9.59. The van der Waals surface area contributed by atoms with Crippen molar-refractivity contribution in [3.8, 4) is 0 Å². The number of unbranched alkanes of at least 4 members (excludes halogenated alkanes) is 4. The first-order valence-electron chi connectivity index (χ1n) is 6.02. The molecular formula is C12H25NO2. The first-order chi connectivity index (χ1) is 7.16. The quantitative estimate of drug-likeness (QED) is 0.475. The summed E-state index contributed by atoms with van der Waals surface area (Å²) in [4.78, 5) is 11.2. The first-order valence-corrected chi connectivity index (χ1v) is 6.02. The Hall–Kier alpha value is -0.570. The highest BCUT2D eigenvalue weighted by Gasteiger charge is 2.03. The van der Waals surface area contributed by atoms with Crippen molar-refractivity contribution in [2.24, 2.45) is 11.7 Å². The van der Waals surface area contributed by atoms with Gasteiger partial charge in [0.1, 0.15) is 0 Å². The van der Waals surface area contributed by atoms with Crippen molar-refractivity contribution in [1.29, 1.82) is 0 Å². The van der Waals surface area contributed by atoms with Gasteiger partial charge in [-0.25, -0.2) is 0 Å². The summed E-state index contributed by atoms with van der Waals surface area (Å²) in [6.45, 7) is 5.41. The molecule has 0 radical (unpaired) electrons. The fourth-order valence-electron chi connectivity index (χ4n) is 1.28. The zero-order chi connectivity index (χ0) is 11.5. The topological polar surface area (TPSA) is 52.3 Å². The average molecular weight is 215 g/mol. The molecule has 0 aromatic carbocycles. The van der Waals surface area contributed by atoms with E-state index in [-0.39, 0.29) is 5.97 Å². The van der Waals surface area contributed by atoms with Gasteiger partial charge < -0.3 is 10.5 Å². The van der Waals surface area contributed by atoms with Crippen LogP contribution in [0.25, 0.3) is 0 Å². The molecule has 0 aliphatic carbocycles. The average Bonchev–Trinajstić information content (AvgIpc) is 2.20. The van der Waals surface area contributed by atoms with Gasteiger partial charge >= 0.3 is 5.97 Å². The summed E-state index contributed by atoms with van der Waals surface area (Å²) in [5.41, 5.74) is 5.39. The van der Waals surface area contributed by atoms with Gasteiger partial charge in [-0.15, -0.1) is 0 Å². The van der Waals surface area contributed by atoms with Crippen molar-refractivity contribution in [2.75, 3.05) is 13.2 Å². The van der Waals surface area contributed by atoms with E-state index in [1.807, 2.05) is 13.8 Å². The van der Waals surface area contributed by atoms with Gasteiger partial charge in [0.05, 0.1) is 6.61 Å². The Morgan fingerprint density at radius 1 is 1.13 bits per heavy atom. The number of hydrogen-bond acceptors (Lipinski definition) is 3. The Labute approximate surface area is 93.4 Å². The first kappa shape index (κ1) is 14.4. The molecule has 0 unspecified atom stereocenters. The number of carbonyl (C=O) groups excluding carboxylic acids is 1. The summed E-state index contributed by atoms with van der Waals surface area (Å²) in [5, 5.41) is 0. The molecule has 0 rings (SSSR count). The predicted octanol–water partition coefficient (Wildman–Crippen LogP) is 2.48. The minimum atomic E-state index is -0.0532. The van der Waals surface area contributed by atoms with E-state index in [9.17, 15) is 4.79 Å². The highest BCUT2D eigenvalue weighted by molar-refractivity contribution is 5.69. The molecule has 2 N–H and O–H groups in total. The molecule has 0 heterocycles. The molecule has 0 atom stereocenters. The molecule has 0 saturated carbocycles. The number of rotatable bonds is 9. The van der Waals surface area contributed by atoms with E-state index in [0.717, 1.165) is 25.8 Å². The van der Waals surface area contributed by atoms with Crippen molar-refractivity contribution in [1.82, 2.24) is 0 Å². The molecule has 0 aliphatic heterocycles. The molecule has 0 aliphatic rings. The van der Waals surface area contributed by atoms with Gasteiger partial charge in [0.25, 0.3) is 0 Å². The maximum atomic E-state index is 11.2. The van der Waals surface area contributed by atoms with Crippen LogP contribution in [-0.2, 0) is 9.53 Å². The molecule has 0 amide bonds. The van der Waals surface area contributed by atoms with E-state index in [1.54, 1.807) is 0 Å². The van der Waals surface area contributed by atoms with E-state index in [1.165, 1.54) is 12.8 Å². The van der Waals surface area contributed by atoms with Crippen LogP contribution in [0.1, 0.15) is 52.4 Å². The molecule has 3 heteroatoms. The third-order valence-corrected chi connectivity index (χ3v) is 2.16. The second-order valence-electron chi connectivity index (χ2n) is 4.38. The minimum Gasteiger partial charge on any atom is -0.465 e. The normalized spacial score (nSPS) is 10.7. The van der Waals surface area contributed by atoms with Gasteiger partial charge in [-0.1, -0.05) is 33.1 Å². The second kappa shape index (κ2) is 9.97. The molecule has 0 fully saturated rings. The van der Waals surface area contributed by atoms with Crippen LogP contribution in [0.5, 0.6) is 0 Å². The van der Waals surface area contributed by atoms with Gasteiger partial charge in [-0.05, 0) is 25.3 Å². The molecule has 0 saturated heterocycles. The molecule has 90 valence electrons. The number of ether oxygens (including phenoxy) is 1. The highest BCUT2D eigenvalue weighted by atomic mass is 16.5. The van der Waals surface area contributed by atoms with Crippen LogP contribution in [0.2, 0.25) is 0 Å². The zero-order valence-electron chi connectivity index (χ0n) is 10.1. The van der Waals surface area contributed by atoms with Gasteiger partial charge in [0, 0.05) is 6.42 Å². The fourth-order valence-corrected chi connectivity index (χ4v) is 1.28. The smallest absolute Gasteiger partial charge is 0.305 e. The number of carbonyl (C=O) groups is 1. The van der Waals surface area contributed by atoms with Crippen LogP contribution in [0, 0.1) is 5.92 Å². The van der Waals surface area contributed by atoms with Crippen molar-refractivity contribution in [3.05, 3.63) is 0 Å². The lowest BCUT2D eigenvalue weighted by Gasteiger charge is -2.06. The molecule has 3 nitrogen and oxygen atoms in total. The van der Waals surface area contributed by atoms with Gasteiger partial charge in [0.2, 0.25) is 0 Å². The van der Waals surface area contributed by atoms with Crippen molar-refractivity contribution in [3.63, 3.8) is 0 Å². The largest absolute Gasteiger partial charge is 0.465 e. The van der Waals surface area contributed by atoms with Crippen LogP contribution < -0.4 is 5.73 Å². The summed E-state index contributed by atoms with van der Waals surface area (Å²) in [6.07, 6.45) is 6.07. The van der Waals surface area contributed by atoms with Crippen LogP contribution in [0.3, 0.4) is 0 Å². The van der Waals surface area contributed by atoms with E-state index in [2.05, 4.69) is 0 Å². The second-order valence-corrected chi connectivity index (χ2v) is 4.38. The van der Waals surface area contributed by atoms with Gasteiger partial charge in [-0.3, -0.25) is 4.79 Å². The maximum Gasteiger partial charge on any atom is 0.305 e. The number of nitrogens with two attached hydrogens (primary N) is 1. The minimum absolute atomic E-state index is 0.0532. The van der Waals surface area contributed by atoms with Crippen molar-refractivity contribution < 1.29 is 9.53 Å². The Balaban J connectivity index is 3.17. The Morgan fingerprint density at radius 2 is 1.73 bits per heavy atom. The van der Waals surface area contributed by atoms with Crippen molar-refractivity contribution in [2.45, 2.75) is 52.4 Å². The zero-order valence-corrected chi connectivity index (χ0v) is 10.1. The summed E-state index contributed by atoms with van der Waals surface area (Å²) in [7, 11) is 0. The van der Waals surface area contributed by atoms with Crippen LogP contribution in [0.15, 0.2) is 0 Å². The fraction of sp³-hybridized carbons (Fsp3) is 0.917. The third-order valence-electron chi connectivity index (χ3n) is 2.16. The monoisotopic (exact) mass is 215 g/mol. The predicted molar refractivity (Wildman–Crippen MR) is 62.6 cm³/mol. The Bertz CT molecular complexity index is 158. The summed E-state index contributed by atoms with van der Waals surface area (Å²) >= 11 is 0. The lowest BCUT2D eigenvalue weighted by molar-refractivity contribution is -0.144. The maximum absolute atomic E-state index is 11.2. The van der Waals surface area contributed by atoms with Crippen LogP contribution in [-0.4, -0.2) is 19.1 Å². The van der Waals surface area contributed by atoms with E-state index >= 15 is 0 Å². The molecule has 0 spiro atoms. The summed E-state index contributed by atoms with van der Waals surface area (Å²) < 4.78 is 5.07. The van der Waals surface area contributed by atoms with E-state index in [4.69, 9.17) is 10.5 Å². The molecule has 0 aromatic heterocycles.